The molecule has 3 unspecified atom stereocenters. The zero-order valence-electron chi connectivity index (χ0n) is 30.0. The summed E-state index contributed by atoms with van der Waals surface area (Å²) in [6, 6.07) is 15.9. The zero-order chi connectivity index (χ0) is 34.6. The monoisotopic (exact) mass is 653 g/mol. The van der Waals surface area contributed by atoms with Crippen molar-refractivity contribution in [2.24, 2.45) is 11.3 Å². The number of anilines is 1. The van der Waals surface area contributed by atoms with Crippen molar-refractivity contribution in [2.45, 2.75) is 65.2 Å². The maximum atomic E-state index is 6.51. The molecule has 3 atom stereocenters. The standard InChI is InChI=1S/C48H47NO/c1-7-9-10-20-36-31-50-46-39(36)26-27-42-45(46)43(48(6,8-2)47(42,4)5)28-32(3)49(37-25-24-33-17-11-12-18-34(33)29-37)44-30-35-19-13-14-21-38(35)40-22-15-16-23-41(40)44/h7-15,17-22,25-31,33,43H,2,16,23-24H2,1,3-6H3/b9-7-,20-10-,32-28+. The molecule has 0 saturated carbocycles. The lowest BCUT2D eigenvalue weighted by atomic mass is 9.63. The van der Waals surface area contributed by atoms with Crippen molar-refractivity contribution in [3.05, 3.63) is 173 Å². The van der Waals surface area contributed by atoms with Gasteiger partial charge in [-0.3, -0.25) is 0 Å². The molecule has 0 saturated heterocycles. The summed E-state index contributed by atoms with van der Waals surface area (Å²) >= 11 is 0. The van der Waals surface area contributed by atoms with E-state index >= 15 is 0 Å². The van der Waals surface area contributed by atoms with Gasteiger partial charge in [0.25, 0.3) is 0 Å². The number of nitrogens with zero attached hydrogens (tertiary/aromatic N) is 1. The van der Waals surface area contributed by atoms with Crippen molar-refractivity contribution in [3.63, 3.8) is 0 Å². The van der Waals surface area contributed by atoms with Gasteiger partial charge in [0.1, 0.15) is 5.58 Å². The lowest BCUT2D eigenvalue weighted by Gasteiger charge is -2.40. The summed E-state index contributed by atoms with van der Waals surface area (Å²) in [6.45, 7) is 16.0. The molecule has 0 amide bonds. The molecule has 4 aromatic rings. The minimum atomic E-state index is -0.253. The Morgan fingerprint density at radius 3 is 2.72 bits per heavy atom. The quantitative estimate of drug-likeness (QED) is 0.146. The van der Waals surface area contributed by atoms with E-state index in [4.69, 9.17) is 4.42 Å². The van der Waals surface area contributed by atoms with E-state index in [1.807, 2.05) is 19.3 Å². The van der Waals surface area contributed by atoms with Crippen LogP contribution in [0.2, 0.25) is 0 Å². The Balaban J connectivity index is 1.36. The van der Waals surface area contributed by atoms with Gasteiger partial charge in [0, 0.05) is 45.2 Å². The first-order valence-corrected chi connectivity index (χ1v) is 18.2. The molecule has 0 aliphatic heterocycles. The third-order valence-corrected chi connectivity index (χ3v) is 12.1. The molecule has 0 N–H and O–H groups in total. The Morgan fingerprint density at radius 1 is 1.02 bits per heavy atom. The number of rotatable bonds is 7. The highest BCUT2D eigenvalue weighted by Crippen LogP contribution is 2.62. The van der Waals surface area contributed by atoms with Gasteiger partial charge >= 0.3 is 0 Å². The topological polar surface area (TPSA) is 16.4 Å². The smallest absolute Gasteiger partial charge is 0.138 e. The van der Waals surface area contributed by atoms with Crippen LogP contribution < -0.4 is 4.90 Å². The molecule has 8 rings (SSSR count). The molecule has 2 nitrogen and oxygen atoms in total. The fraction of sp³-hybridized carbons (Fsp3) is 0.250. The Bertz CT molecular complexity index is 2290. The molecule has 3 aromatic carbocycles. The molecule has 0 bridgehead atoms. The Hall–Kier alpha value is -5.08. The molecule has 4 aliphatic carbocycles. The summed E-state index contributed by atoms with van der Waals surface area (Å²) in [6.07, 6.45) is 36.5. The predicted octanol–water partition coefficient (Wildman–Crippen LogP) is 13.1. The Morgan fingerprint density at radius 2 is 1.88 bits per heavy atom. The van der Waals surface area contributed by atoms with Crippen LogP contribution in [0.1, 0.15) is 81.2 Å². The summed E-state index contributed by atoms with van der Waals surface area (Å²) in [5.74, 6) is 0.478. The van der Waals surface area contributed by atoms with E-state index in [0.29, 0.717) is 5.92 Å². The first kappa shape index (κ1) is 32.1. The van der Waals surface area contributed by atoms with Crippen molar-refractivity contribution >= 4 is 39.6 Å². The van der Waals surface area contributed by atoms with Gasteiger partial charge in [-0.2, -0.15) is 0 Å². The fourth-order valence-corrected chi connectivity index (χ4v) is 8.95. The van der Waals surface area contributed by atoms with Crippen molar-refractivity contribution in [3.8, 4) is 0 Å². The average molecular weight is 654 g/mol. The third kappa shape index (κ3) is 4.91. The van der Waals surface area contributed by atoms with Gasteiger partial charge in [0.15, 0.2) is 0 Å². The SMILES string of the molecule is C=CC1(C)C(/C=C(\C)N(C2=CCC3C=CC=CC3=C2)c2cc3ccccc3c3c2CCC=C3)c2c(ccc3c(/C=C\C=C/C)coc23)C1(C)C. The number of hydrogen-bond acceptors (Lipinski definition) is 2. The number of allylic oxidation sites excluding steroid dienone is 14. The van der Waals surface area contributed by atoms with Crippen molar-refractivity contribution in [2.75, 3.05) is 4.90 Å². The number of furan rings is 1. The van der Waals surface area contributed by atoms with E-state index in [1.165, 1.54) is 55.7 Å². The third-order valence-electron chi connectivity index (χ3n) is 12.1. The maximum absolute atomic E-state index is 6.51. The second kappa shape index (κ2) is 12.4. The molecule has 0 radical (unpaired) electrons. The zero-order valence-corrected chi connectivity index (χ0v) is 30.0. The lowest BCUT2D eigenvalue weighted by Crippen LogP contribution is -2.35. The molecular weight excluding hydrogens is 607 g/mol. The predicted molar refractivity (Wildman–Crippen MR) is 214 cm³/mol. The summed E-state index contributed by atoms with van der Waals surface area (Å²) in [5, 5.41) is 3.75. The normalized spacial score (nSPS) is 23.7. The van der Waals surface area contributed by atoms with Gasteiger partial charge in [-0.1, -0.05) is 136 Å². The highest BCUT2D eigenvalue weighted by atomic mass is 16.3. The molecule has 1 heterocycles. The average Bonchev–Trinajstić information content (AvgIpc) is 3.62. The maximum Gasteiger partial charge on any atom is 0.138 e. The highest BCUT2D eigenvalue weighted by Gasteiger charge is 2.54. The molecule has 0 spiro atoms. The van der Waals surface area contributed by atoms with Gasteiger partial charge in [-0.15, -0.1) is 6.58 Å². The highest BCUT2D eigenvalue weighted by molar-refractivity contribution is 5.97. The van der Waals surface area contributed by atoms with Gasteiger partial charge < -0.3 is 9.32 Å². The Kier molecular flexibility index (Phi) is 7.94. The van der Waals surface area contributed by atoms with E-state index in [1.54, 1.807) is 0 Å². The summed E-state index contributed by atoms with van der Waals surface area (Å²) in [5.41, 5.74) is 12.2. The molecule has 50 heavy (non-hydrogen) atoms. The van der Waals surface area contributed by atoms with E-state index in [-0.39, 0.29) is 16.7 Å². The van der Waals surface area contributed by atoms with Crippen LogP contribution >= 0.6 is 0 Å². The molecule has 1 aromatic heterocycles. The van der Waals surface area contributed by atoms with Crippen LogP contribution in [0.15, 0.2) is 150 Å². The molecular formula is C48H47NO. The minimum Gasteiger partial charge on any atom is -0.463 e. The summed E-state index contributed by atoms with van der Waals surface area (Å²) in [7, 11) is 0. The molecule has 4 aliphatic rings. The van der Waals surface area contributed by atoms with Crippen LogP contribution in [0.5, 0.6) is 0 Å². The van der Waals surface area contributed by atoms with E-state index < -0.39 is 0 Å². The molecule has 0 fully saturated rings. The van der Waals surface area contributed by atoms with Crippen LogP contribution in [0.4, 0.5) is 5.69 Å². The van der Waals surface area contributed by atoms with E-state index in [2.05, 4.69) is 161 Å². The summed E-state index contributed by atoms with van der Waals surface area (Å²) < 4.78 is 6.51. The largest absolute Gasteiger partial charge is 0.463 e. The second-order valence-corrected chi connectivity index (χ2v) is 15.0. The lowest BCUT2D eigenvalue weighted by molar-refractivity contribution is 0.247. The van der Waals surface area contributed by atoms with E-state index in [9.17, 15) is 0 Å². The number of fused-ring (bicyclic) bond motifs is 7. The Labute approximate surface area is 297 Å². The molecule has 250 valence electrons. The summed E-state index contributed by atoms with van der Waals surface area (Å²) in [4.78, 5) is 2.56. The van der Waals surface area contributed by atoms with Crippen LogP contribution in [0.3, 0.4) is 0 Å². The van der Waals surface area contributed by atoms with Gasteiger partial charge in [0.05, 0.1) is 12.0 Å². The van der Waals surface area contributed by atoms with Gasteiger partial charge in [0.2, 0.25) is 0 Å². The second-order valence-electron chi connectivity index (χ2n) is 15.0. The minimum absolute atomic E-state index is 0.0491. The van der Waals surface area contributed by atoms with Crippen LogP contribution in [0, 0.1) is 11.3 Å². The van der Waals surface area contributed by atoms with E-state index in [0.717, 1.165) is 35.8 Å². The fourth-order valence-electron chi connectivity index (χ4n) is 8.95. The molecule has 2 heteroatoms. The van der Waals surface area contributed by atoms with Crippen LogP contribution in [0.25, 0.3) is 33.9 Å². The van der Waals surface area contributed by atoms with Crippen LogP contribution in [-0.4, -0.2) is 0 Å². The van der Waals surface area contributed by atoms with Crippen molar-refractivity contribution in [1.82, 2.24) is 0 Å². The van der Waals surface area contributed by atoms with Gasteiger partial charge in [-0.25, -0.2) is 0 Å². The van der Waals surface area contributed by atoms with Crippen molar-refractivity contribution in [1.29, 1.82) is 0 Å². The van der Waals surface area contributed by atoms with Crippen LogP contribution in [-0.2, 0) is 11.8 Å². The first-order valence-electron chi connectivity index (χ1n) is 18.2. The number of hydrogen-bond donors (Lipinski definition) is 0. The van der Waals surface area contributed by atoms with Gasteiger partial charge in [-0.05, 0) is 83.7 Å². The van der Waals surface area contributed by atoms with Crippen molar-refractivity contribution < 1.29 is 4.42 Å². The number of benzene rings is 3. The first-order chi connectivity index (χ1) is 24.3.